The van der Waals surface area contributed by atoms with Gasteiger partial charge in [-0.05, 0) is 39.8 Å². The SMILES string of the molecule is CNCCCN(C)C(=O)NC(C)CCCC(=O)O. The number of carbonyl (C=O) groups is 2. The van der Waals surface area contributed by atoms with Crippen LogP contribution in [0.2, 0.25) is 0 Å². The highest BCUT2D eigenvalue weighted by Gasteiger charge is 2.11. The van der Waals surface area contributed by atoms with E-state index < -0.39 is 5.97 Å². The molecule has 0 heterocycles. The van der Waals surface area contributed by atoms with Gasteiger partial charge < -0.3 is 20.6 Å². The van der Waals surface area contributed by atoms with Gasteiger partial charge in [0.1, 0.15) is 0 Å². The number of amides is 2. The molecule has 6 nitrogen and oxygen atoms in total. The van der Waals surface area contributed by atoms with Gasteiger partial charge in [0.2, 0.25) is 0 Å². The number of nitrogens with one attached hydrogen (secondary N) is 2. The number of rotatable bonds is 9. The molecule has 0 aromatic rings. The van der Waals surface area contributed by atoms with E-state index in [2.05, 4.69) is 10.6 Å². The van der Waals surface area contributed by atoms with Crippen LogP contribution in [-0.4, -0.2) is 55.2 Å². The summed E-state index contributed by atoms with van der Waals surface area (Å²) in [6, 6.07) is -0.0995. The lowest BCUT2D eigenvalue weighted by Gasteiger charge is -2.21. The summed E-state index contributed by atoms with van der Waals surface area (Å²) in [5, 5.41) is 14.4. The Bertz CT molecular complexity index is 259. The first kappa shape index (κ1) is 16.7. The topological polar surface area (TPSA) is 81.7 Å². The van der Waals surface area contributed by atoms with Crippen molar-refractivity contribution in [2.75, 3.05) is 27.2 Å². The Hall–Kier alpha value is -1.30. The minimum Gasteiger partial charge on any atom is -0.481 e. The van der Waals surface area contributed by atoms with Crippen LogP contribution in [0.5, 0.6) is 0 Å². The molecule has 1 unspecified atom stereocenters. The minimum atomic E-state index is -0.794. The molecule has 3 N–H and O–H groups in total. The highest BCUT2D eigenvalue weighted by atomic mass is 16.4. The fraction of sp³-hybridized carbons (Fsp3) is 0.833. The highest BCUT2D eigenvalue weighted by molar-refractivity contribution is 5.74. The predicted molar refractivity (Wildman–Crippen MR) is 70.7 cm³/mol. The zero-order valence-corrected chi connectivity index (χ0v) is 11.5. The molecule has 0 aromatic carbocycles. The van der Waals surface area contributed by atoms with Gasteiger partial charge in [-0.2, -0.15) is 0 Å². The normalized spacial score (nSPS) is 11.9. The van der Waals surface area contributed by atoms with Crippen molar-refractivity contribution in [1.29, 1.82) is 0 Å². The summed E-state index contributed by atoms with van der Waals surface area (Å²) in [4.78, 5) is 23.7. The average molecular weight is 259 g/mol. The van der Waals surface area contributed by atoms with Gasteiger partial charge >= 0.3 is 12.0 Å². The molecule has 0 aromatic heterocycles. The fourth-order valence-electron chi connectivity index (χ4n) is 1.55. The van der Waals surface area contributed by atoms with E-state index in [1.807, 2.05) is 14.0 Å². The van der Waals surface area contributed by atoms with Crippen molar-refractivity contribution in [3.05, 3.63) is 0 Å². The van der Waals surface area contributed by atoms with Crippen LogP contribution >= 0.6 is 0 Å². The second kappa shape index (κ2) is 9.70. The molecule has 6 heteroatoms. The molecular formula is C12H25N3O3. The van der Waals surface area contributed by atoms with Gasteiger partial charge in [-0.1, -0.05) is 0 Å². The number of carbonyl (C=O) groups excluding carboxylic acids is 1. The lowest BCUT2D eigenvalue weighted by Crippen LogP contribution is -2.42. The number of aliphatic carboxylic acids is 1. The predicted octanol–water partition coefficient (Wildman–Crippen LogP) is 0.881. The van der Waals surface area contributed by atoms with Crippen LogP contribution in [0.15, 0.2) is 0 Å². The number of nitrogens with zero attached hydrogens (tertiary/aromatic N) is 1. The summed E-state index contributed by atoms with van der Waals surface area (Å²) < 4.78 is 0. The van der Waals surface area contributed by atoms with E-state index in [9.17, 15) is 9.59 Å². The molecule has 0 saturated carbocycles. The maximum absolute atomic E-state index is 11.7. The first-order valence-electron chi connectivity index (χ1n) is 6.35. The average Bonchev–Trinajstić information content (AvgIpc) is 2.28. The third kappa shape index (κ3) is 8.81. The molecule has 0 rings (SSSR count). The van der Waals surface area contributed by atoms with Crippen molar-refractivity contribution in [2.24, 2.45) is 0 Å². The Balaban J connectivity index is 3.74. The molecule has 0 spiro atoms. The van der Waals surface area contributed by atoms with Crippen molar-refractivity contribution in [3.63, 3.8) is 0 Å². The van der Waals surface area contributed by atoms with Crippen LogP contribution in [0.25, 0.3) is 0 Å². The number of hydrogen-bond acceptors (Lipinski definition) is 3. The van der Waals surface area contributed by atoms with Gasteiger partial charge in [-0.25, -0.2) is 4.79 Å². The lowest BCUT2D eigenvalue weighted by atomic mass is 10.1. The second-order valence-electron chi connectivity index (χ2n) is 4.52. The van der Waals surface area contributed by atoms with Crippen LogP contribution < -0.4 is 10.6 Å². The highest BCUT2D eigenvalue weighted by Crippen LogP contribution is 2.01. The molecule has 0 fully saturated rings. The Morgan fingerprint density at radius 3 is 2.56 bits per heavy atom. The summed E-state index contributed by atoms with van der Waals surface area (Å²) >= 11 is 0. The van der Waals surface area contributed by atoms with Gasteiger partial charge in [-0.3, -0.25) is 4.79 Å². The quantitative estimate of drug-likeness (QED) is 0.537. The van der Waals surface area contributed by atoms with Crippen LogP contribution in [0.3, 0.4) is 0 Å². The van der Waals surface area contributed by atoms with Gasteiger partial charge in [0.25, 0.3) is 0 Å². The van der Waals surface area contributed by atoms with Crippen molar-refractivity contribution >= 4 is 12.0 Å². The first-order valence-corrected chi connectivity index (χ1v) is 6.35. The van der Waals surface area contributed by atoms with E-state index in [1.165, 1.54) is 0 Å². The molecule has 0 aliphatic rings. The molecule has 0 bridgehead atoms. The first-order chi connectivity index (χ1) is 8.47. The largest absolute Gasteiger partial charge is 0.481 e. The summed E-state index contributed by atoms with van der Waals surface area (Å²) in [5.41, 5.74) is 0. The molecule has 0 saturated heterocycles. The van der Waals surface area contributed by atoms with Gasteiger partial charge in [0.15, 0.2) is 0 Å². The smallest absolute Gasteiger partial charge is 0.317 e. The Morgan fingerprint density at radius 2 is 2.00 bits per heavy atom. The Morgan fingerprint density at radius 1 is 1.33 bits per heavy atom. The number of hydrogen-bond donors (Lipinski definition) is 3. The van der Waals surface area contributed by atoms with Crippen LogP contribution in [0.1, 0.15) is 32.6 Å². The van der Waals surface area contributed by atoms with Crippen molar-refractivity contribution in [1.82, 2.24) is 15.5 Å². The summed E-state index contributed by atoms with van der Waals surface area (Å²) in [6.45, 7) is 3.47. The maximum Gasteiger partial charge on any atom is 0.317 e. The van der Waals surface area contributed by atoms with Gasteiger partial charge in [-0.15, -0.1) is 0 Å². The van der Waals surface area contributed by atoms with E-state index in [0.29, 0.717) is 19.4 Å². The molecule has 2 amide bonds. The molecule has 106 valence electrons. The monoisotopic (exact) mass is 259 g/mol. The lowest BCUT2D eigenvalue weighted by molar-refractivity contribution is -0.137. The zero-order valence-electron chi connectivity index (χ0n) is 11.5. The molecule has 0 aliphatic carbocycles. The molecule has 18 heavy (non-hydrogen) atoms. The molecule has 0 aliphatic heterocycles. The third-order valence-electron chi connectivity index (χ3n) is 2.66. The maximum atomic E-state index is 11.7. The van der Waals surface area contributed by atoms with Crippen LogP contribution in [-0.2, 0) is 4.79 Å². The standard InChI is InChI=1S/C12H25N3O3/c1-10(6-4-7-11(16)17)14-12(18)15(3)9-5-8-13-2/h10,13H,4-9H2,1-3H3,(H,14,18)(H,16,17). The van der Waals surface area contributed by atoms with Crippen molar-refractivity contribution in [3.8, 4) is 0 Å². The number of carboxylic acids is 1. The summed E-state index contributed by atoms with van der Waals surface area (Å²) in [5.74, 6) is -0.794. The summed E-state index contributed by atoms with van der Waals surface area (Å²) in [7, 11) is 3.64. The van der Waals surface area contributed by atoms with Crippen LogP contribution in [0.4, 0.5) is 4.79 Å². The van der Waals surface area contributed by atoms with E-state index >= 15 is 0 Å². The minimum absolute atomic E-state index is 0.00333. The Labute approximate surface area is 109 Å². The zero-order chi connectivity index (χ0) is 14.0. The Kier molecular flexibility index (Phi) is 9.00. The fourth-order valence-corrected chi connectivity index (χ4v) is 1.55. The third-order valence-corrected chi connectivity index (χ3v) is 2.66. The van der Waals surface area contributed by atoms with E-state index in [4.69, 9.17) is 5.11 Å². The molecular weight excluding hydrogens is 234 g/mol. The number of carboxylic acid groups (broad SMARTS) is 1. The van der Waals surface area contributed by atoms with E-state index in [0.717, 1.165) is 13.0 Å². The van der Waals surface area contributed by atoms with Crippen molar-refractivity contribution in [2.45, 2.75) is 38.6 Å². The van der Waals surface area contributed by atoms with Crippen LogP contribution in [0, 0.1) is 0 Å². The molecule has 0 radical (unpaired) electrons. The van der Waals surface area contributed by atoms with E-state index in [1.54, 1.807) is 11.9 Å². The van der Waals surface area contributed by atoms with Gasteiger partial charge in [0.05, 0.1) is 0 Å². The van der Waals surface area contributed by atoms with E-state index in [-0.39, 0.29) is 18.5 Å². The van der Waals surface area contributed by atoms with Gasteiger partial charge in [0, 0.05) is 26.1 Å². The molecule has 1 atom stereocenters. The number of urea groups is 1. The van der Waals surface area contributed by atoms with Crippen molar-refractivity contribution < 1.29 is 14.7 Å². The summed E-state index contributed by atoms with van der Waals surface area (Å²) in [6.07, 6.45) is 2.33. The second-order valence-corrected chi connectivity index (χ2v) is 4.52.